The topological polar surface area (TPSA) is 56.2 Å². The Balaban J connectivity index is 1.66. The number of halogens is 1. The highest BCUT2D eigenvalue weighted by atomic mass is 79.9. The predicted molar refractivity (Wildman–Crippen MR) is 110 cm³/mol. The first-order valence-corrected chi connectivity index (χ1v) is 9.35. The molecule has 0 spiro atoms. The van der Waals surface area contributed by atoms with Crippen LogP contribution < -0.4 is 10.1 Å². The van der Waals surface area contributed by atoms with Crippen LogP contribution >= 0.6 is 15.9 Å². The second kappa shape index (κ2) is 7.04. The lowest BCUT2D eigenvalue weighted by Gasteiger charge is -2.18. The fraction of sp³-hybridized carbons (Fsp3) is 0.143. The van der Waals surface area contributed by atoms with E-state index in [1.54, 1.807) is 4.68 Å². The lowest BCUT2D eigenvalue weighted by atomic mass is 10.0. The minimum atomic E-state index is -0.189. The van der Waals surface area contributed by atoms with Gasteiger partial charge in [-0.05, 0) is 36.8 Å². The van der Waals surface area contributed by atoms with E-state index in [9.17, 15) is 4.79 Å². The number of amides is 1. The van der Waals surface area contributed by atoms with Crippen LogP contribution in [-0.4, -0.2) is 22.3 Å². The molecule has 2 aromatic carbocycles. The summed E-state index contributed by atoms with van der Waals surface area (Å²) in [4.78, 5) is 12.9. The molecule has 1 aromatic heterocycles. The van der Waals surface area contributed by atoms with Crippen molar-refractivity contribution in [3.63, 3.8) is 0 Å². The van der Waals surface area contributed by atoms with Crippen LogP contribution in [0.2, 0.25) is 0 Å². The highest BCUT2D eigenvalue weighted by molar-refractivity contribution is 9.10. The molecule has 27 heavy (non-hydrogen) atoms. The zero-order chi connectivity index (χ0) is 19.0. The highest BCUT2D eigenvalue weighted by Crippen LogP contribution is 2.33. The van der Waals surface area contributed by atoms with Crippen LogP contribution in [-0.2, 0) is 11.8 Å². The van der Waals surface area contributed by atoms with Gasteiger partial charge in [0.05, 0.1) is 11.3 Å². The summed E-state index contributed by atoms with van der Waals surface area (Å²) in [7, 11) is 1.83. The zero-order valence-corrected chi connectivity index (χ0v) is 16.6. The summed E-state index contributed by atoms with van der Waals surface area (Å²) in [5, 5.41) is 7.50. The van der Waals surface area contributed by atoms with E-state index in [0.29, 0.717) is 11.4 Å². The van der Waals surface area contributed by atoms with Gasteiger partial charge in [-0.2, -0.15) is 5.10 Å². The number of carbonyl (C=O) groups is 1. The smallest absolute Gasteiger partial charge is 0.256 e. The Morgan fingerprint density at radius 1 is 1.19 bits per heavy atom. The van der Waals surface area contributed by atoms with Crippen LogP contribution in [0.3, 0.4) is 0 Å². The van der Waals surface area contributed by atoms with Crippen molar-refractivity contribution in [1.29, 1.82) is 0 Å². The number of nitrogens with one attached hydrogen (secondary N) is 1. The number of carbonyl (C=O) groups excluding carboxylic acids is 1. The monoisotopic (exact) mass is 423 g/mol. The van der Waals surface area contributed by atoms with Gasteiger partial charge in [-0.25, -0.2) is 0 Å². The molecule has 2 heterocycles. The number of aromatic nitrogens is 2. The Bertz CT molecular complexity index is 1050. The van der Waals surface area contributed by atoms with E-state index in [-0.39, 0.29) is 12.5 Å². The minimum Gasteiger partial charge on any atom is -0.488 e. The first-order valence-electron chi connectivity index (χ1n) is 8.56. The van der Waals surface area contributed by atoms with Gasteiger partial charge in [-0.1, -0.05) is 46.3 Å². The van der Waals surface area contributed by atoms with Gasteiger partial charge in [0.1, 0.15) is 18.2 Å². The molecule has 0 aliphatic carbocycles. The summed E-state index contributed by atoms with van der Waals surface area (Å²) in [5.41, 5.74) is 4.25. The molecule has 1 aliphatic rings. The molecular weight excluding hydrogens is 406 g/mol. The molecule has 4 rings (SSSR count). The van der Waals surface area contributed by atoms with Crippen LogP contribution in [0.4, 0.5) is 5.82 Å². The average molecular weight is 424 g/mol. The minimum absolute atomic E-state index is 0.189. The van der Waals surface area contributed by atoms with Crippen molar-refractivity contribution in [1.82, 2.24) is 9.78 Å². The van der Waals surface area contributed by atoms with Crippen LogP contribution in [0.15, 0.2) is 58.6 Å². The van der Waals surface area contributed by atoms with E-state index in [4.69, 9.17) is 4.74 Å². The van der Waals surface area contributed by atoms with Gasteiger partial charge >= 0.3 is 0 Å². The molecule has 3 aromatic rings. The van der Waals surface area contributed by atoms with Crippen molar-refractivity contribution in [3.8, 4) is 16.9 Å². The number of fused-ring (bicyclic) bond motifs is 1. The molecule has 0 atom stereocenters. The third kappa shape index (κ3) is 3.40. The standard InChI is InChI=1S/C21H18BrN3O2/c1-13-19(14-7-9-17(22)10-8-14)20(25(2)24-13)23-21(26)16-11-15-5-3-4-6-18(15)27-12-16/h3-11H,12H2,1-2H3,(H,23,26). The summed E-state index contributed by atoms with van der Waals surface area (Å²) in [6.45, 7) is 2.18. The van der Waals surface area contributed by atoms with Crippen molar-refractivity contribution >= 4 is 33.7 Å². The number of hydrogen-bond donors (Lipinski definition) is 1. The lowest BCUT2D eigenvalue weighted by molar-refractivity contribution is -0.113. The van der Waals surface area contributed by atoms with E-state index in [2.05, 4.69) is 26.3 Å². The summed E-state index contributed by atoms with van der Waals surface area (Å²) >= 11 is 3.45. The van der Waals surface area contributed by atoms with Gasteiger partial charge in [0.15, 0.2) is 0 Å². The van der Waals surface area contributed by atoms with Crippen molar-refractivity contribution < 1.29 is 9.53 Å². The summed E-state index contributed by atoms with van der Waals surface area (Å²) in [6.07, 6.45) is 1.87. The molecule has 0 bridgehead atoms. The lowest BCUT2D eigenvalue weighted by Crippen LogP contribution is -2.22. The molecule has 0 saturated heterocycles. The second-order valence-electron chi connectivity index (χ2n) is 6.39. The predicted octanol–water partition coefficient (Wildman–Crippen LogP) is 4.57. The van der Waals surface area contributed by atoms with Crippen molar-refractivity contribution in [3.05, 3.63) is 69.8 Å². The number of rotatable bonds is 3. The molecule has 6 heteroatoms. The SMILES string of the molecule is Cc1nn(C)c(NC(=O)C2=Cc3ccccc3OC2)c1-c1ccc(Br)cc1. The van der Waals surface area contributed by atoms with E-state index in [1.807, 2.05) is 68.6 Å². The molecule has 1 N–H and O–H groups in total. The molecule has 0 fully saturated rings. The van der Waals surface area contributed by atoms with Gasteiger partial charge in [0.2, 0.25) is 0 Å². The first kappa shape index (κ1) is 17.5. The fourth-order valence-electron chi connectivity index (χ4n) is 3.20. The van der Waals surface area contributed by atoms with E-state index in [0.717, 1.165) is 32.6 Å². The fourth-order valence-corrected chi connectivity index (χ4v) is 3.46. The second-order valence-corrected chi connectivity index (χ2v) is 7.31. The number of hydrogen-bond acceptors (Lipinski definition) is 3. The van der Waals surface area contributed by atoms with Gasteiger partial charge in [0, 0.05) is 22.6 Å². The Kier molecular flexibility index (Phi) is 4.58. The number of anilines is 1. The van der Waals surface area contributed by atoms with Gasteiger partial charge in [-0.3, -0.25) is 9.48 Å². The zero-order valence-electron chi connectivity index (χ0n) is 15.0. The molecule has 0 unspecified atom stereocenters. The Morgan fingerprint density at radius 3 is 2.70 bits per heavy atom. The molecule has 0 radical (unpaired) electrons. The largest absolute Gasteiger partial charge is 0.488 e. The summed E-state index contributed by atoms with van der Waals surface area (Å²) < 4.78 is 8.40. The Morgan fingerprint density at radius 2 is 1.93 bits per heavy atom. The van der Waals surface area contributed by atoms with Crippen LogP contribution in [0.5, 0.6) is 5.75 Å². The van der Waals surface area contributed by atoms with Gasteiger partial charge < -0.3 is 10.1 Å². The third-order valence-electron chi connectivity index (χ3n) is 4.51. The van der Waals surface area contributed by atoms with Crippen LogP contribution in [0.25, 0.3) is 17.2 Å². The Labute approximate surface area is 165 Å². The molecular formula is C21H18BrN3O2. The highest BCUT2D eigenvalue weighted by Gasteiger charge is 2.21. The van der Waals surface area contributed by atoms with Gasteiger partial charge in [-0.15, -0.1) is 0 Å². The average Bonchev–Trinajstić information content (AvgIpc) is 2.95. The van der Waals surface area contributed by atoms with Crippen LogP contribution in [0.1, 0.15) is 11.3 Å². The number of benzene rings is 2. The maximum Gasteiger partial charge on any atom is 0.256 e. The molecule has 5 nitrogen and oxygen atoms in total. The quantitative estimate of drug-likeness (QED) is 0.670. The number of aryl methyl sites for hydroxylation is 2. The van der Waals surface area contributed by atoms with Crippen molar-refractivity contribution in [2.45, 2.75) is 6.92 Å². The number of nitrogens with zero attached hydrogens (tertiary/aromatic N) is 2. The maximum absolute atomic E-state index is 12.9. The summed E-state index contributed by atoms with van der Waals surface area (Å²) in [5.74, 6) is 1.27. The normalized spacial score (nSPS) is 12.8. The maximum atomic E-state index is 12.9. The molecule has 1 amide bonds. The molecule has 136 valence electrons. The Hall–Kier alpha value is -2.86. The summed E-state index contributed by atoms with van der Waals surface area (Å²) in [6, 6.07) is 15.6. The van der Waals surface area contributed by atoms with Gasteiger partial charge in [0.25, 0.3) is 5.91 Å². The van der Waals surface area contributed by atoms with Crippen molar-refractivity contribution in [2.24, 2.45) is 7.05 Å². The third-order valence-corrected chi connectivity index (χ3v) is 5.04. The van der Waals surface area contributed by atoms with Crippen molar-refractivity contribution in [2.75, 3.05) is 11.9 Å². The number of ether oxygens (including phenoxy) is 1. The van der Waals surface area contributed by atoms with E-state index >= 15 is 0 Å². The molecule has 0 saturated carbocycles. The van der Waals surface area contributed by atoms with E-state index < -0.39 is 0 Å². The first-order chi connectivity index (χ1) is 13.0. The number of para-hydroxylation sites is 1. The van der Waals surface area contributed by atoms with Crippen LogP contribution in [0, 0.1) is 6.92 Å². The molecule has 1 aliphatic heterocycles. The van der Waals surface area contributed by atoms with E-state index in [1.165, 1.54) is 0 Å².